The lowest BCUT2D eigenvalue weighted by atomic mass is 10.1. The molecule has 0 aliphatic carbocycles. The van der Waals surface area contributed by atoms with E-state index in [1.54, 1.807) is 24.3 Å². The van der Waals surface area contributed by atoms with Crippen LogP contribution in [-0.2, 0) is 0 Å². The summed E-state index contributed by atoms with van der Waals surface area (Å²) >= 11 is 0. The van der Waals surface area contributed by atoms with Gasteiger partial charge in [-0.05, 0) is 44.0 Å². The topological polar surface area (TPSA) is 74.4 Å². The average Bonchev–Trinajstić information content (AvgIpc) is 2.80. The van der Waals surface area contributed by atoms with Crippen LogP contribution < -0.4 is 15.6 Å². The summed E-state index contributed by atoms with van der Waals surface area (Å²) in [5.41, 5.74) is 0.240. The molecule has 0 spiro atoms. The van der Waals surface area contributed by atoms with Crippen molar-refractivity contribution in [3.05, 3.63) is 76.2 Å². The van der Waals surface area contributed by atoms with Crippen LogP contribution in [0.25, 0.3) is 10.8 Å². The molecule has 4 rings (SSSR count). The van der Waals surface area contributed by atoms with Crippen molar-refractivity contribution in [2.45, 2.75) is 25.4 Å². The van der Waals surface area contributed by atoms with Crippen molar-refractivity contribution in [2.75, 3.05) is 26.2 Å². The van der Waals surface area contributed by atoms with E-state index in [1.807, 2.05) is 0 Å². The first-order valence-electron chi connectivity index (χ1n) is 10.7. The molecule has 0 saturated carbocycles. The highest BCUT2D eigenvalue weighted by atomic mass is 19.2. The summed E-state index contributed by atoms with van der Waals surface area (Å²) in [5.74, 6) is -1.65. The van der Waals surface area contributed by atoms with E-state index in [0.29, 0.717) is 28.6 Å². The van der Waals surface area contributed by atoms with E-state index < -0.39 is 11.6 Å². The number of aromatic amines is 1. The van der Waals surface area contributed by atoms with E-state index in [9.17, 15) is 18.4 Å². The molecule has 1 amide bonds. The van der Waals surface area contributed by atoms with Gasteiger partial charge in [0.2, 0.25) is 0 Å². The number of ether oxygens (including phenoxy) is 1. The third kappa shape index (κ3) is 5.13. The molecule has 168 valence electrons. The fourth-order valence-electron chi connectivity index (χ4n) is 3.99. The Morgan fingerprint density at radius 3 is 2.59 bits per heavy atom. The minimum atomic E-state index is -0.906. The molecule has 32 heavy (non-hydrogen) atoms. The number of carbonyl (C=O) groups is 1. The van der Waals surface area contributed by atoms with Gasteiger partial charge in [0.15, 0.2) is 11.6 Å². The Kier molecular flexibility index (Phi) is 6.80. The number of benzene rings is 2. The van der Waals surface area contributed by atoms with E-state index in [4.69, 9.17) is 4.74 Å². The molecule has 6 nitrogen and oxygen atoms in total. The molecule has 2 aromatic carbocycles. The Morgan fingerprint density at radius 1 is 1.09 bits per heavy atom. The summed E-state index contributed by atoms with van der Waals surface area (Å²) < 4.78 is 32.1. The first kappa shape index (κ1) is 22.0. The summed E-state index contributed by atoms with van der Waals surface area (Å²) in [6, 6.07) is 10.6. The zero-order valence-corrected chi connectivity index (χ0v) is 17.6. The Hall–Kier alpha value is -3.26. The molecule has 0 unspecified atom stereocenters. The van der Waals surface area contributed by atoms with Crippen LogP contribution in [0.4, 0.5) is 8.78 Å². The number of pyridine rings is 1. The number of H-pyrrole nitrogens is 1. The second kappa shape index (κ2) is 9.91. The van der Waals surface area contributed by atoms with Gasteiger partial charge in [0, 0.05) is 42.7 Å². The van der Waals surface area contributed by atoms with Crippen molar-refractivity contribution in [1.82, 2.24) is 15.2 Å². The van der Waals surface area contributed by atoms with Gasteiger partial charge in [0.05, 0.1) is 5.56 Å². The zero-order chi connectivity index (χ0) is 22.5. The van der Waals surface area contributed by atoms with E-state index in [1.165, 1.54) is 12.3 Å². The van der Waals surface area contributed by atoms with Crippen molar-refractivity contribution in [3.63, 3.8) is 0 Å². The van der Waals surface area contributed by atoms with Crippen LogP contribution in [0.15, 0.2) is 53.5 Å². The lowest BCUT2D eigenvalue weighted by molar-refractivity contribution is 0.0935. The number of amides is 1. The van der Waals surface area contributed by atoms with Crippen LogP contribution in [0, 0.1) is 11.6 Å². The van der Waals surface area contributed by atoms with E-state index in [0.717, 1.165) is 51.0 Å². The number of piperidine rings is 1. The van der Waals surface area contributed by atoms with Crippen LogP contribution in [0.1, 0.15) is 29.6 Å². The number of rotatable bonds is 7. The van der Waals surface area contributed by atoms with Crippen molar-refractivity contribution in [1.29, 1.82) is 0 Å². The second-order valence-corrected chi connectivity index (χ2v) is 7.92. The maximum absolute atomic E-state index is 13.3. The fourth-order valence-corrected chi connectivity index (χ4v) is 3.99. The molecule has 1 aliphatic rings. The van der Waals surface area contributed by atoms with Crippen molar-refractivity contribution >= 4 is 16.7 Å². The number of hydrogen-bond acceptors (Lipinski definition) is 4. The normalized spacial score (nSPS) is 15.1. The van der Waals surface area contributed by atoms with Crippen molar-refractivity contribution in [3.8, 4) is 5.75 Å². The van der Waals surface area contributed by atoms with Gasteiger partial charge >= 0.3 is 0 Å². The minimum absolute atomic E-state index is 0.0238. The van der Waals surface area contributed by atoms with Crippen LogP contribution >= 0.6 is 0 Å². The Balaban J connectivity index is 1.20. The SMILES string of the molecule is O=C(NCCCN1CCC(Oc2ccc(F)c(F)c2)CC1)c1c[nH]c(=O)c2ccccc12. The maximum Gasteiger partial charge on any atom is 0.255 e. The van der Waals surface area contributed by atoms with E-state index >= 15 is 0 Å². The van der Waals surface area contributed by atoms with Crippen LogP contribution in [0.5, 0.6) is 5.75 Å². The number of carbonyl (C=O) groups excluding carboxylic acids is 1. The number of hydrogen-bond donors (Lipinski definition) is 2. The predicted octanol–water partition coefficient (Wildman–Crippen LogP) is 3.47. The molecule has 1 aliphatic heterocycles. The molecular formula is C24H25F2N3O3. The van der Waals surface area contributed by atoms with Gasteiger partial charge in [-0.1, -0.05) is 18.2 Å². The van der Waals surface area contributed by atoms with Crippen LogP contribution in [-0.4, -0.2) is 48.1 Å². The highest BCUT2D eigenvalue weighted by molar-refractivity contribution is 6.06. The quantitative estimate of drug-likeness (QED) is 0.551. The summed E-state index contributed by atoms with van der Waals surface area (Å²) in [5, 5.41) is 4.05. The molecule has 1 fully saturated rings. The number of halogens is 2. The summed E-state index contributed by atoms with van der Waals surface area (Å²) in [6.45, 7) is 3.04. The monoisotopic (exact) mass is 441 g/mol. The molecular weight excluding hydrogens is 416 g/mol. The Morgan fingerprint density at radius 2 is 1.84 bits per heavy atom. The molecule has 0 radical (unpaired) electrons. The van der Waals surface area contributed by atoms with Crippen molar-refractivity contribution < 1.29 is 18.3 Å². The first-order valence-corrected chi connectivity index (χ1v) is 10.7. The number of fused-ring (bicyclic) bond motifs is 1. The third-order valence-corrected chi connectivity index (χ3v) is 5.72. The van der Waals surface area contributed by atoms with Gasteiger partial charge in [-0.2, -0.15) is 0 Å². The van der Waals surface area contributed by atoms with Crippen molar-refractivity contribution in [2.24, 2.45) is 0 Å². The summed E-state index contributed by atoms with van der Waals surface area (Å²) in [7, 11) is 0. The summed E-state index contributed by atoms with van der Waals surface area (Å²) in [4.78, 5) is 29.4. The third-order valence-electron chi connectivity index (χ3n) is 5.72. The average molecular weight is 441 g/mol. The van der Waals surface area contributed by atoms with Crippen LogP contribution in [0.3, 0.4) is 0 Å². The highest BCUT2D eigenvalue weighted by Gasteiger charge is 2.21. The number of aromatic nitrogens is 1. The number of nitrogens with one attached hydrogen (secondary N) is 2. The lowest BCUT2D eigenvalue weighted by Gasteiger charge is -2.32. The lowest BCUT2D eigenvalue weighted by Crippen LogP contribution is -2.39. The highest BCUT2D eigenvalue weighted by Crippen LogP contribution is 2.21. The van der Waals surface area contributed by atoms with Gasteiger partial charge in [0.25, 0.3) is 11.5 Å². The zero-order valence-electron chi connectivity index (χ0n) is 17.6. The Labute approximate surface area is 184 Å². The number of nitrogens with zero attached hydrogens (tertiary/aromatic N) is 1. The van der Waals surface area contributed by atoms with Gasteiger partial charge in [-0.15, -0.1) is 0 Å². The Bertz CT molecular complexity index is 1160. The minimum Gasteiger partial charge on any atom is -0.490 e. The van der Waals surface area contributed by atoms with Gasteiger partial charge < -0.3 is 19.9 Å². The second-order valence-electron chi connectivity index (χ2n) is 7.92. The molecule has 1 aromatic heterocycles. The van der Waals surface area contributed by atoms with Crippen LogP contribution in [0.2, 0.25) is 0 Å². The molecule has 8 heteroatoms. The molecule has 0 atom stereocenters. The van der Waals surface area contributed by atoms with E-state index in [-0.39, 0.29) is 17.6 Å². The molecule has 3 aromatic rings. The van der Waals surface area contributed by atoms with Gasteiger partial charge in [0.1, 0.15) is 11.9 Å². The fraction of sp³-hybridized carbons (Fsp3) is 0.333. The maximum atomic E-state index is 13.3. The smallest absolute Gasteiger partial charge is 0.255 e. The molecule has 1 saturated heterocycles. The summed E-state index contributed by atoms with van der Waals surface area (Å²) in [6.07, 6.45) is 3.83. The first-order chi connectivity index (χ1) is 15.5. The number of likely N-dealkylation sites (tertiary alicyclic amines) is 1. The standard InChI is InChI=1S/C24H25F2N3O3/c25-21-7-6-17(14-22(21)26)32-16-8-12-29(13-9-16)11-3-10-27-24(31)20-15-28-23(30)19-5-2-1-4-18(19)20/h1-2,4-7,14-16H,3,8-13H2,(H,27,31)(H,28,30). The molecule has 2 heterocycles. The molecule has 0 bridgehead atoms. The van der Waals surface area contributed by atoms with Gasteiger partial charge in [-0.3, -0.25) is 9.59 Å². The largest absolute Gasteiger partial charge is 0.490 e. The van der Waals surface area contributed by atoms with E-state index in [2.05, 4.69) is 15.2 Å². The molecule has 2 N–H and O–H groups in total. The van der Waals surface area contributed by atoms with Gasteiger partial charge in [-0.25, -0.2) is 8.78 Å². The predicted molar refractivity (Wildman–Crippen MR) is 118 cm³/mol.